The lowest BCUT2D eigenvalue weighted by molar-refractivity contribution is -0.384. The Labute approximate surface area is 140 Å². The van der Waals surface area contributed by atoms with E-state index in [9.17, 15) is 20.0 Å². The molecule has 2 rings (SSSR count). The van der Waals surface area contributed by atoms with Crippen molar-refractivity contribution in [3.63, 3.8) is 0 Å². The van der Waals surface area contributed by atoms with E-state index in [2.05, 4.69) is 5.32 Å². The van der Waals surface area contributed by atoms with Crippen LogP contribution in [-0.2, 0) is 6.42 Å². The maximum absolute atomic E-state index is 12.1. The Hall–Kier alpha value is -2.73. The van der Waals surface area contributed by atoms with Crippen molar-refractivity contribution in [3.8, 4) is 0 Å². The van der Waals surface area contributed by atoms with Crippen LogP contribution in [0.5, 0.6) is 0 Å². The highest BCUT2D eigenvalue weighted by Crippen LogP contribution is 2.15. The summed E-state index contributed by atoms with van der Waals surface area (Å²) in [5.74, 6) is -0.446. The third kappa shape index (κ3) is 5.17. The predicted octanol–water partition coefficient (Wildman–Crippen LogP) is 2.71. The van der Waals surface area contributed by atoms with Gasteiger partial charge in [0, 0.05) is 24.2 Å². The average molecular weight is 328 g/mol. The number of aryl methyl sites for hydroxylation is 1. The molecule has 2 aromatic carbocycles. The number of hydrogen-bond donors (Lipinski definition) is 2. The molecule has 0 spiro atoms. The zero-order valence-corrected chi connectivity index (χ0v) is 13.4. The maximum Gasteiger partial charge on any atom is 0.270 e. The van der Waals surface area contributed by atoms with Gasteiger partial charge in [-0.05, 0) is 31.4 Å². The minimum Gasteiger partial charge on any atom is -0.388 e. The number of nitrogens with one attached hydrogen (secondary N) is 1. The molecule has 0 bridgehead atoms. The standard InChI is InChI=1S/C18H20N2O4/c1-18(22,11-10-14-6-3-2-4-7-14)13-19-17(21)15-8-5-9-16(12-15)20(23)24/h2-9,12,22H,10-11,13H2,1H3,(H,19,21). The Morgan fingerprint density at radius 1 is 1.21 bits per heavy atom. The van der Waals surface area contributed by atoms with Crippen molar-refractivity contribution in [3.05, 3.63) is 75.8 Å². The van der Waals surface area contributed by atoms with Crippen LogP contribution >= 0.6 is 0 Å². The topological polar surface area (TPSA) is 92.5 Å². The molecule has 24 heavy (non-hydrogen) atoms. The summed E-state index contributed by atoms with van der Waals surface area (Å²) in [6, 6.07) is 15.3. The zero-order valence-electron chi connectivity index (χ0n) is 13.4. The SMILES string of the molecule is CC(O)(CCc1ccccc1)CNC(=O)c1cccc([N+](=O)[O-])c1. The Balaban J connectivity index is 1.90. The summed E-state index contributed by atoms with van der Waals surface area (Å²) >= 11 is 0. The molecule has 6 nitrogen and oxygen atoms in total. The Bertz CT molecular complexity index is 714. The van der Waals surface area contributed by atoms with E-state index in [1.54, 1.807) is 6.92 Å². The van der Waals surface area contributed by atoms with Crippen molar-refractivity contribution >= 4 is 11.6 Å². The molecule has 0 saturated heterocycles. The van der Waals surface area contributed by atoms with Crippen LogP contribution in [0.15, 0.2) is 54.6 Å². The average Bonchev–Trinajstić information content (AvgIpc) is 2.59. The Morgan fingerprint density at radius 3 is 2.58 bits per heavy atom. The van der Waals surface area contributed by atoms with Crippen LogP contribution in [0.2, 0.25) is 0 Å². The molecule has 1 amide bonds. The summed E-state index contributed by atoms with van der Waals surface area (Å²) in [6.07, 6.45) is 1.19. The summed E-state index contributed by atoms with van der Waals surface area (Å²) in [5.41, 5.74) is 0.107. The second kappa shape index (κ2) is 7.70. The third-order valence-electron chi connectivity index (χ3n) is 3.74. The Kier molecular flexibility index (Phi) is 5.65. The van der Waals surface area contributed by atoms with Gasteiger partial charge in [-0.25, -0.2) is 0 Å². The molecule has 0 aliphatic rings. The highest BCUT2D eigenvalue weighted by molar-refractivity contribution is 5.94. The van der Waals surface area contributed by atoms with Crippen LogP contribution in [0.4, 0.5) is 5.69 Å². The molecule has 0 aliphatic carbocycles. The molecule has 0 aliphatic heterocycles. The number of nitro benzene ring substituents is 1. The fraction of sp³-hybridized carbons (Fsp3) is 0.278. The van der Waals surface area contributed by atoms with E-state index in [1.807, 2.05) is 30.3 Å². The first kappa shape index (κ1) is 17.6. The molecule has 0 heterocycles. The van der Waals surface area contributed by atoms with Gasteiger partial charge in [0.05, 0.1) is 10.5 Å². The number of non-ortho nitro benzene ring substituents is 1. The van der Waals surface area contributed by atoms with Gasteiger partial charge < -0.3 is 10.4 Å². The van der Waals surface area contributed by atoms with E-state index in [0.717, 1.165) is 5.56 Å². The summed E-state index contributed by atoms with van der Waals surface area (Å²) < 4.78 is 0. The number of nitro groups is 1. The number of hydrogen-bond acceptors (Lipinski definition) is 4. The van der Waals surface area contributed by atoms with E-state index >= 15 is 0 Å². The molecule has 2 N–H and O–H groups in total. The Morgan fingerprint density at radius 2 is 1.92 bits per heavy atom. The smallest absolute Gasteiger partial charge is 0.270 e. The van der Waals surface area contributed by atoms with Crippen molar-refractivity contribution in [2.45, 2.75) is 25.4 Å². The molecule has 0 radical (unpaired) electrons. The summed E-state index contributed by atoms with van der Waals surface area (Å²) in [7, 11) is 0. The lowest BCUT2D eigenvalue weighted by Crippen LogP contribution is -2.41. The lowest BCUT2D eigenvalue weighted by atomic mass is 9.96. The van der Waals surface area contributed by atoms with Crippen LogP contribution in [0, 0.1) is 10.1 Å². The van der Waals surface area contributed by atoms with Gasteiger partial charge >= 0.3 is 0 Å². The van der Waals surface area contributed by atoms with E-state index < -0.39 is 16.4 Å². The minimum absolute atomic E-state index is 0.0708. The van der Waals surface area contributed by atoms with Crippen molar-refractivity contribution in [2.24, 2.45) is 0 Å². The highest BCUT2D eigenvalue weighted by atomic mass is 16.6. The van der Waals surface area contributed by atoms with Gasteiger partial charge in [-0.1, -0.05) is 36.4 Å². The first-order valence-electron chi connectivity index (χ1n) is 7.66. The second-order valence-corrected chi connectivity index (χ2v) is 5.97. The fourth-order valence-corrected chi connectivity index (χ4v) is 2.28. The van der Waals surface area contributed by atoms with Gasteiger partial charge in [0.1, 0.15) is 0 Å². The maximum atomic E-state index is 12.1. The van der Waals surface area contributed by atoms with Crippen LogP contribution in [0.1, 0.15) is 29.3 Å². The van der Waals surface area contributed by atoms with E-state index in [0.29, 0.717) is 12.8 Å². The monoisotopic (exact) mass is 328 g/mol. The van der Waals surface area contributed by atoms with Gasteiger partial charge in [-0.15, -0.1) is 0 Å². The van der Waals surface area contributed by atoms with E-state index in [1.165, 1.54) is 24.3 Å². The number of amides is 1. The van der Waals surface area contributed by atoms with Crippen molar-refractivity contribution < 1.29 is 14.8 Å². The summed E-state index contributed by atoms with van der Waals surface area (Å²) in [6.45, 7) is 1.73. The summed E-state index contributed by atoms with van der Waals surface area (Å²) in [5, 5.41) is 23.8. The highest BCUT2D eigenvalue weighted by Gasteiger charge is 2.22. The predicted molar refractivity (Wildman–Crippen MR) is 90.8 cm³/mol. The van der Waals surface area contributed by atoms with Crippen molar-refractivity contribution in [1.29, 1.82) is 0 Å². The summed E-state index contributed by atoms with van der Waals surface area (Å²) in [4.78, 5) is 22.3. The number of benzene rings is 2. The lowest BCUT2D eigenvalue weighted by Gasteiger charge is -2.23. The fourth-order valence-electron chi connectivity index (χ4n) is 2.28. The molecule has 0 saturated carbocycles. The van der Waals surface area contributed by atoms with Crippen LogP contribution in [0.3, 0.4) is 0 Å². The normalized spacial score (nSPS) is 13.1. The first-order chi connectivity index (χ1) is 11.4. The minimum atomic E-state index is -1.06. The first-order valence-corrected chi connectivity index (χ1v) is 7.66. The third-order valence-corrected chi connectivity index (χ3v) is 3.74. The largest absolute Gasteiger partial charge is 0.388 e. The molecule has 1 atom stereocenters. The molecular weight excluding hydrogens is 308 g/mol. The molecule has 0 fully saturated rings. The molecular formula is C18H20N2O4. The zero-order chi connectivity index (χ0) is 17.6. The van der Waals surface area contributed by atoms with E-state index in [-0.39, 0.29) is 17.8 Å². The molecule has 0 aromatic heterocycles. The molecule has 2 aromatic rings. The number of nitrogens with zero attached hydrogens (tertiary/aromatic N) is 1. The van der Waals surface area contributed by atoms with E-state index in [4.69, 9.17) is 0 Å². The van der Waals surface area contributed by atoms with Gasteiger partial charge in [0.15, 0.2) is 0 Å². The number of rotatable bonds is 7. The number of carbonyl (C=O) groups is 1. The number of aliphatic hydroxyl groups is 1. The van der Waals surface area contributed by atoms with Gasteiger partial charge in [0.25, 0.3) is 11.6 Å². The van der Waals surface area contributed by atoms with Crippen molar-refractivity contribution in [2.75, 3.05) is 6.54 Å². The van der Waals surface area contributed by atoms with Crippen molar-refractivity contribution in [1.82, 2.24) is 5.32 Å². The number of carbonyl (C=O) groups excluding carboxylic acids is 1. The second-order valence-electron chi connectivity index (χ2n) is 5.97. The van der Waals surface area contributed by atoms with Crippen LogP contribution in [0.25, 0.3) is 0 Å². The molecule has 126 valence electrons. The van der Waals surface area contributed by atoms with Gasteiger partial charge in [0.2, 0.25) is 0 Å². The van der Waals surface area contributed by atoms with Crippen LogP contribution in [-0.4, -0.2) is 28.1 Å². The quantitative estimate of drug-likeness (QED) is 0.604. The van der Waals surface area contributed by atoms with Crippen LogP contribution < -0.4 is 5.32 Å². The van der Waals surface area contributed by atoms with Gasteiger partial charge in [-0.2, -0.15) is 0 Å². The molecule has 1 unspecified atom stereocenters. The van der Waals surface area contributed by atoms with Gasteiger partial charge in [-0.3, -0.25) is 14.9 Å². The molecule has 6 heteroatoms.